The second kappa shape index (κ2) is 5.02. The molecule has 0 spiro atoms. The molecule has 0 radical (unpaired) electrons. The molecule has 11 heavy (non-hydrogen) atoms. The Balaban J connectivity index is 3.90. The van der Waals surface area contributed by atoms with Crippen LogP contribution in [0.3, 0.4) is 0 Å². The van der Waals surface area contributed by atoms with Gasteiger partial charge >= 0.3 is 0 Å². The Morgan fingerprint density at radius 2 is 1.73 bits per heavy atom. The monoisotopic (exact) mass is 157 g/mol. The highest BCUT2D eigenvalue weighted by atomic mass is 16.1. The molecule has 0 bridgehead atoms. The molecule has 0 atom stereocenters. The Morgan fingerprint density at radius 1 is 1.27 bits per heavy atom. The summed E-state index contributed by atoms with van der Waals surface area (Å²) < 4.78 is 0. The number of ketones is 2. The number of Topliss-reactive ketones (excluding diaryl/α,β-unsaturated/α-hetero) is 2. The van der Waals surface area contributed by atoms with Crippen molar-refractivity contribution in [3.8, 4) is 0 Å². The van der Waals surface area contributed by atoms with E-state index in [-0.39, 0.29) is 11.6 Å². The van der Waals surface area contributed by atoms with Crippen molar-refractivity contribution >= 4 is 11.6 Å². The molecule has 0 aromatic carbocycles. The first-order chi connectivity index (χ1) is 5.09. The lowest BCUT2D eigenvalue weighted by Crippen LogP contribution is -2.31. The minimum absolute atomic E-state index is 0.0570. The predicted molar refractivity (Wildman–Crippen MR) is 43.4 cm³/mol. The van der Waals surface area contributed by atoms with Crippen molar-refractivity contribution in [3.05, 3.63) is 0 Å². The van der Waals surface area contributed by atoms with Crippen LogP contribution in [0.2, 0.25) is 0 Å². The summed E-state index contributed by atoms with van der Waals surface area (Å²) in [6.45, 7) is 6.10. The lowest BCUT2D eigenvalue weighted by molar-refractivity contribution is -0.130. The molecule has 0 aromatic rings. The topological polar surface area (TPSA) is 46.2 Å². The summed E-state index contributed by atoms with van der Waals surface area (Å²) in [5.74, 6) is -0.563. The lowest BCUT2D eigenvalue weighted by Gasteiger charge is -2.09. The second-order valence-electron chi connectivity index (χ2n) is 2.58. The number of nitrogens with one attached hydrogen (secondary N) is 1. The van der Waals surface area contributed by atoms with E-state index in [4.69, 9.17) is 0 Å². The summed E-state index contributed by atoms with van der Waals surface area (Å²) in [5, 5.41) is 2.97. The molecule has 3 heteroatoms. The largest absolute Gasteiger partial charge is 0.316 e. The average Bonchev–Trinajstić information content (AvgIpc) is 1.87. The maximum absolute atomic E-state index is 10.8. The van der Waals surface area contributed by atoms with Crippen molar-refractivity contribution in [2.75, 3.05) is 13.1 Å². The smallest absolute Gasteiger partial charge is 0.141 e. The standard InChI is InChI=1S/C8H15NO2/c1-4-9-5-8(6(2)10)7(3)11/h8-9H,4-5H2,1-3H3. The second-order valence-corrected chi connectivity index (χ2v) is 2.58. The van der Waals surface area contributed by atoms with E-state index in [0.29, 0.717) is 6.54 Å². The number of carbonyl (C=O) groups excluding carboxylic acids is 2. The van der Waals surface area contributed by atoms with Crippen LogP contribution in [0.15, 0.2) is 0 Å². The van der Waals surface area contributed by atoms with Crippen molar-refractivity contribution < 1.29 is 9.59 Å². The maximum Gasteiger partial charge on any atom is 0.141 e. The van der Waals surface area contributed by atoms with Crippen molar-refractivity contribution in [2.24, 2.45) is 5.92 Å². The van der Waals surface area contributed by atoms with Gasteiger partial charge in [0.1, 0.15) is 11.6 Å². The molecule has 64 valence electrons. The third-order valence-electron chi connectivity index (χ3n) is 1.58. The number of hydrogen-bond acceptors (Lipinski definition) is 3. The highest BCUT2D eigenvalue weighted by Gasteiger charge is 2.17. The summed E-state index contributed by atoms with van der Waals surface area (Å²) >= 11 is 0. The molecule has 3 nitrogen and oxygen atoms in total. The molecule has 0 heterocycles. The lowest BCUT2D eigenvalue weighted by atomic mass is 10.0. The average molecular weight is 157 g/mol. The van der Waals surface area contributed by atoms with E-state index in [9.17, 15) is 9.59 Å². The quantitative estimate of drug-likeness (QED) is 0.587. The summed E-state index contributed by atoms with van der Waals surface area (Å²) in [6.07, 6.45) is 0. The van der Waals surface area contributed by atoms with Crippen molar-refractivity contribution in [2.45, 2.75) is 20.8 Å². The van der Waals surface area contributed by atoms with E-state index in [1.165, 1.54) is 13.8 Å². The summed E-state index contributed by atoms with van der Waals surface area (Å²) in [5.41, 5.74) is 0. The molecule has 0 aliphatic heterocycles. The molecule has 0 rings (SSSR count). The molecular formula is C8H15NO2. The Hall–Kier alpha value is -0.700. The van der Waals surface area contributed by atoms with Crippen LogP contribution in [0, 0.1) is 5.92 Å². The Kier molecular flexibility index (Phi) is 4.70. The van der Waals surface area contributed by atoms with E-state index in [1.54, 1.807) is 0 Å². The number of carbonyl (C=O) groups is 2. The van der Waals surface area contributed by atoms with Crippen molar-refractivity contribution in [1.82, 2.24) is 5.32 Å². The molecule has 0 unspecified atom stereocenters. The molecule has 0 aliphatic carbocycles. The third-order valence-corrected chi connectivity index (χ3v) is 1.58. The Morgan fingerprint density at radius 3 is 2.00 bits per heavy atom. The van der Waals surface area contributed by atoms with E-state index >= 15 is 0 Å². The zero-order valence-electron chi connectivity index (χ0n) is 7.31. The fraction of sp³-hybridized carbons (Fsp3) is 0.750. The van der Waals surface area contributed by atoms with Crippen LogP contribution in [-0.2, 0) is 9.59 Å². The van der Waals surface area contributed by atoms with Gasteiger partial charge in [0, 0.05) is 6.54 Å². The van der Waals surface area contributed by atoms with Crippen LogP contribution in [0.5, 0.6) is 0 Å². The first-order valence-corrected chi connectivity index (χ1v) is 3.81. The molecule has 0 saturated heterocycles. The van der Waals surface area contributed by atoms with Gasteiger partial charge in [0.05, 0.1) is 5.92 Å². The van der Waals surface area contributed by atoms with Crippen LogP contribution >= 0.6 is 0 Å². The van der Waals surface area contributed by atoms with Gasteiger partial charge in [-0.05, 0) is 20.4 Å². The number of rotatable bonds is 5. The van der Waals surface area contributed by atoms with E-state index < -0.39 is 5.92 Å². The van der Waals surface area contributed by atoms with Gasteiger partial charge in [0.15, 0.2) is 0 Å². The first-order valence-electron chi connectivity index (χ1n) is 3.81. The molecule has 0 aromatic heterocycles. The first kappa shape index (κ1) is 10.3. The van der Waals surface area contributed by atoms with E-state index in [1.807, 2.05) is 6.92 Å². The van der Waals surface area contributed by atoms with Gasteiger partial charge in [-0.3, -0.25) is 9.59 Å². The van der Waals surface area contributed by atoms with Crippen LogP contribution in [0.25, 0.3) is 0 Å². The Labute approximate surface area is 67.2 Å². The normalized spacial score (nSPS) is 10.2. The summed E-state index contributed by atoms with van der Waals surface area (Å²) in [4.78, 5) is 21.7. The fourth-order valence-corrected chi connectivity index (χ4v) is 0.862. The van der Waals surface area contributed by atoms with Gasteiger partial charge < -0.3 is 5.32 Å². The van der Waals surface area contributed by atoms with Gasteiger partial charge in [0.25, 0.3) is 0 Å². The van der Waals surface area contributed by atoms with Crippen LogP contribution in [0.4, 0.5) is 0 Å². The van der Waals surface area contributed by atoms with Crippen LogP contribution in [0.1, 0.15) is 20.8 Å². The fourth-order valence-electron chi connectivity index (χ4n) is 0.862. The zero-order chi connectivity index (χ0) is 8.85. The maximum atomic E-state index is 10.8. The molecule has 0 aliphatic rings. The van der Waals surface area contributed by atoms with E-state index in [0.717, 1.165) is 6.54 Å². The Bertz CT molecular complexity index is 140. The number of hydrogen-bond donors (Lipinski definition) is 1. The highest BCUT2D eigenvalue weighted by Crippen LogP contribution is 1.97. The van der Waals surface area contributed by atoms with Gasteiger partial charge in [-0.25, -0.2) is 0 Å². The van der Waals surface area contributed by atoms with Crippen molar-refractivity contribution in [1.29, 1.82) is 0 Å². The van der Waals surface area contributed by atoms with Gasteiger partial charge in [0.2, 0.25) is 0 Å². The van der Waals surface area contributed by atoms with Gasteiger partial charge in [-0.15, -0.1) is 0 Å². The highest BCUT2D eigenvalue weighted by molar-refractivity contribution is 6.00. The van der Waals surface area contributed by atoms with Crippen LogP contribution in [-0.4, -0.2) is 24.7 Å². The SMILES string of the molecule is CCNCC(C(C)=O)C(C)=O. The minimum atomic E-state index is -0.449. The molecule has 0 amide bonds. The van der Waals surface area contributed by atoms with Crippen molar-refractivity contribution in [3.63, 3.8) is 0 Å². The van der Waals surface area contributed by atoms with Crippen LogP contribution < -0.4 is 5.32 Å². The third kappa shape index (κ3) is 3.88. The molecule has 0 fully saturated rings. The summed E-state index contributed by atoms with van der Waals surface area (Å²) in [6, 6.07) is 0. The summed E-state index contributed by atoms with van der Waals surface area (Å²) in [7, 11) is 0. The van der Waals surface area contributed by atoms with Gasteiger partial charge in [-0.2, -0.15) is 0 Å². The van der Waals surface area contributed by atoms with E-state index in [2.05, 4.69) is 5.32 Å². The molecular weight excluding hydrogens is 142 g/mol. The molecule has 1 N–H and O–H groups in total. The van der Waals surface area contributed by atoms with Gasteiger partial charge in [-0.1, -0.05) is 6.92 Å². The zero-order valence-corrected chi connectivity index (χ0v) is 7.31. The minimum Gasteiger partial charge on any atom is -0.316 e. The predicted octanol–water partition coefficient (Wildman–Crippen LogP) is 0.390. The molecule has 0 saturated carbocycles.